The molecule has 0 N–H and O–H groups in total. The minimum absolute atomic E-state index is 1.25. The quantitative estimate of drug-likeness (QED) is 0.493. The molecule has 0 aromatic heterocycles. The molecule has 0 saturated heterocycles. The van der Waals surface area contributed by atoms with Gasteiger partial charge < -0.3 is 0 Å². The second kappa shape index (κ2) is 17.4. The maximum atomic E-state index is 2.12. The Balaban J connectivity index is 0. The van der Waals surface area contributed by atoms with Gasteiger partial charge in [0.15, 0.2) is 0 Å². The highest BCUT2D eigenvalue weighted by Gasteiger charge is 1.79. The summed E-state index contributed by atoms with van der Waals surface area (Å²) in [6.45, 7) is 12.7. The van der Waals surface area contributed by atoms with Crippen LogP contribution in [0.4, 0.5) is 0 Å². The predicted molar refractivity (Wildman–Crippen MR) is 94.3 cm³/mol. The van der Waals surface area contributed by atoms with Gasteiger partial charge in [0, 0.05) is 0 Å². The van der Waals surface area contributed by atoms with Crippen molar-refractivity contribution in [2.24, 2.45) is 0 Å². The smallest absolute Gasteiger partial charge is 0.0398 e. The van der Waals surface area contributed by atoms with Crippen LogP contribution in [0.25, 0.3) is 0 Å². The zero-order valence-corrected chi connectivity index (χ0v) is 14.2. The Labute approximate surface area is 126 Å². The highest BCUT2D eigenvalue weighted by Crippen LogP contribution is 1.99. The Morgan fingerprint density at radius 3 is 0.800 bits per heavy atom. The molecule has 0 atom stereocenters. The first-order valence-electron chi connectivity index (χ1n) is 7.65. The Morgan fingerprint density at radius 1 is 0.500 bits per heavy atom. The van der Waals surface area contributed by atoms with E-state index < -0.39 is 0 Å². The lowest BCUT2D eigenvalue weighted by Gasteiger charge is -1.90. The van der Waals surface area contributed by atoms with Gasteiger partial charge in [0.05, 0.1) is 0 Å². The van der Waals surface area contributed by atoms with Crippen LogP contribution in [0.5, 0.6) is 0 Å². The number of benzene rings is 2. The molecule has 0 radical (unpaired) electrons. The first kappa shape index (κ1) is 20.8. The van der Waals surface area contributed by atoms with Gasteiger partial charge in [-0.25, -0.2) is 0 Å². The minimum Gasteiger partial charge on any atom is -0.0656 e. The molecule has 0 fully saturated rings. The Kier molecular flexibility index (Phi) is 18.1. The summed E-state index contributed by atoms with van der Waals surface area (Å²) in [6.07, 6.45) is 2.50. The highest BCUT2D eigenvalue weighted by atomic mass is 13.9. The molecule has 0 amide bonds. The first-order valence-corrected chi connectivity index (χ1v) is 7.65. The van der Waals surface area contributed by atoms with E-state index in [1.807, 2.05) is 36.4 Å². The average Bonchev–Trinajstić information content (AvgIpc) is 2.46. The second-order valence-corrected chi connectivity index (χ2v) is 4.72. The molecule has 0 unspecified atom stereocenters. The molecule has 0 aliphatic carbocycles. The summed E-state index contributed by atoms with van der Waals surface area (Å²) in [5, 5.41) is 0. The molecule has 2 aromatic rings. The van der Waals surface area contributed by atoms with Crippen LogP contribution in [0.15, 0.2) is 60.7 Å². The molecule has 112 valence electrons. The SMILES string of the molecule is CCC.CCC.Cc1ccc(C)cc1.c1ccccc1. The van der Waals surface area contributed by atoms with Crippen molar-refractivity contribution in [2.75, 3.05) is 0 Å². The maximum Gasteiger partial charge on any atom is -0.0398 e. The van der Waals surface area contributed by atoms with Crippen molar-refractivity contribution in [1.82, 2.24) is 0 Å². The molecule has 0 bridgehead atoms. The van der Waals surface area contributed by atoms with E-state index in [1.165, 1.54) is 24.0 Å². The number of hydrogen-bond acceptors (Lipinski definition) is 0. The molecule has 2 aromatic carbocycles. The van der Waals surface area contributed by atoms with E-state index in [2.05, 4.69) is 65.8 Å². The van der Waals surface area contributed by atoms with E-state index in [4.69, 9.17) is 0 Å². The largest absolute Gasteiger partial charge is 0.0656 e. The van der Waals surface area contributed by atoms with Crippen molar-refractivity contribution in [1.29, 1.82) is 0 Å². The summed E-state index contributed by atoms with van der Waals surface area (Å²) in [4.78, 5) is 0. The summed E-state index contributed by atoms with van der Waals surface area (Å²) >= 11 is 0. The third-order valence-electron chi connectivity index (χ3n) is 1.88. The molecular formula is C20H32. The molecule has 0 spiro atoms. The fraction of sp³-hybridized carbons (Fsp3) is 0.400. The lowest BCUT2D eigenvalue weighted by atomic mass is 10.2. The third-order valence-corrected chi connectivity index (χ3v) is 1.88. The zero-order valence-electron chi connectivity index (χ0n) is 14.2. The minimum atomic E-state index is 1.25. The van der Waals surface area contributed by atoms with Gasteiger partial charge in [0.25, 0.3) is 0 Å². The lowest BCUT2D eigenvalue weighted by Crippen LogP contribution is -1.70. The Bertz CT molecular complexity index is 309. The number of hydrogen-bond donors (Lipinski definition) is 0. The number of rotatable bonds is 0. The van der Waals surface area contributed by atoms with Gasteiger partial charge in [-0.1, -0.05) is 112 Å². The van der Waals surface area contributed by atoms with E-state index in [-0.39, 0.29) is 0 Å². The average molecular weight is 272 g/mol. The van der Waals surface area contributed by atoms with E-state index in [0.717, 1.165) is 0 Å². The second-order valence-electron chi connectivity index (χ2n) is 4.72. The van der Waals surface area contributed by atoms with Gasteiger partial charge in [-0.3, -0.25) is 0 Å². The van der Waals surface area contributed by atoms with E-state index in [1.54, 1.807) is 0 Å². The summed E-state index contributed by atoms with van der Waals surface area (Å²) in [5.41, 5.74) is 2.66. The molecule has 0 nitrogen and oxygen atoms in total. The summed E-state index contributed by atoms with van der Waals surface area (Å²) < 4.78 is 0. The van der Waals surface area contributed by atoms with Crippen LogP contribution in [-0.2, 0) is 0 Å². The van der Waals surface area contributed by atoms with Gasteiger partial charge in [0.1, 0.15) is 0 Å². The van der Waals surface area contributed by atoms with E-state index in [9.17, 15) is 0 Å². The predicted octanol–water partition coefficient (Wildman–Crippen LogP) is 6.82. The molecule has 0 heteroatoms. The van der Waals surface area contributed by atoms with Crippen LogP contribution in [0.3, 0.4) is 0 Å². The first-order chi connectivity index (χ1) is 9.62. The Hall–Kier alpha value is -1.56. The van der Waals surface area contributed by atoms with Crippen LogP contribution in [0.1, 0.15) is 51.7 Å². The van der Waals surface area contributed by atoms with E-state index in [0.29, 0.717) is 0 Å². The van der Waals surface area contributed by atoms with Crippen molar-refractivity contribution in [3.63, 3.8) is 0 Å². The van der Waals surface area contributed by atoms with Crippen LogP contribution >= 0.6 is 0 Å². The van der Waals surface area contributed by atoms with Gasteiger partial charge in [-0.2, -0.15) is 0 Å². The topological polar surface area (TPSA) is 0 Å². The van der Waals surface area contributed by atoms with Crippen molar-refractivity contribution in [2.45, 2.75) is 54.4 Å². The molecule has 0 aliphatic heterocycles. The maximum absolute atomic E-state index is 2.12. The van der Waals surface area contributed by atoms with Crippen molar-refractivity contribution in [3.05, 3.63) is 71.8 Å². The van der Waals surface area contributed by atoms with Gasteiger partial charge >= 0.3 is 0 Å². The fourth-order valence-corrected chi connectivity index (χ4v) is 1.02. The summed E-state index contributed by atoms with van der Waals surface area (Å²) in [7, 11) is 0. The van der Waals surface area contributed by atoms with Crippen molar-refractivity contribution < 1.29 is 0 Å². The third kappa shape index (κ3) is 18.8. The fourth-order valence-electron chi connectivity index (χ4n) is 1.02. The van der Waals surface area contributed by atoms with Crippen LogP contribution < -0.4 is 0 Å². The van der Waals surface area contributed by atoms with Gasteiger partial charge in [-0.05, 0) is 13.8 Å². The van der Waals surface area contributed by atoms with Crippen molar-refractivity contribution in [3.8, 4) is 0 Å². The Morgan fingerprint density at radius 2 is 0.650 bits per heavy atom. The van der Waals surface area contributed by atoms with Crippen molar-refractivity contribution >= 4 is 0 Å². The molecule has 20 heavy (non-hydrogen) atoms. The number of aryl methyl sites for hydroxylation is 2. The van der Waals surface area contributed by atoms with Gasteiger partial charge in [0.2, 0.25) is 0 Å². The molecular weight excluding hydrogens is 240 g/mol. The van der Waals surface area contributed by atoms with Crippen LogP contribution in [0, 0.1) is 13.8 Å². The van der Waals surface area contributed by atoms with Crippen LogP contribution in [0.2, 0.25) is 0 Å². The zero-order chi connectivity index (χ0) is 15.6. The lowest BCUT2D eigenvalue weighted by molar-refractivity contribution is 1.09. The van der Waals surface area contributed by atoms with Crippen LogP contribution in [-0.4, -0.2) is 0 Å². The molecule has 2 rings (SSSR count). The molecule has 0 heterocycles. The van der Waals surface area contributed by atoms with E-state index >= 15 is 0 Å². The summed E-state index contributed by atoms with van der Waals surface area (Å²) in [5.74, 6) is 0. The summed E-state index contributed by atoms with van der Waals surface area (Å²) in [6, 6.07) is 20.5. The molecule has 0 aliphatic rings. The van der Waals surface area contributed by atoms with Gasteiger partial charge in [-0.15, -0.1) is 0 Å². The molecule has 0 saturated carbocycles. The monoisotopic (exact) mass is 272 g/mol. The standard InChI is InChI=1S/C8H10.C6H6.2C3H8/c1-7-3-5-8(2)6-4-7;1-2-4-6-5-3-1;2*1-3-2/h3-6H,1-2H3;1-6H;2*3H2,1-2H3. The normalized spacial score (nSPS) is 7.90. The highest BCUT2D eigenvalue weighted by molar-refractivity contribution is 5.19.